The predicted octanol–water partition coefficient (Wildman–Crippen LogP) is 1.86. The molecular weight excluding hydrogens is 334 g/mol. The van der Waals surface area contributed by atoms with Crippen molar-refractivity contribution in [2.75, 3.05) is 32.8 Å². The maximum absolute atomic E-state index is 11.7. The van der Waals surface area contributed by atoms with Gasteiger partial charge >= 0.3 is 0 Å². The van der Waals surface area contributed by atoms with E-state index in [4.69, 9.17) is 4.74 Å². The zero-order valence-corrected chi connectivity index (χ0v) is 13.3. The lowest BCUT2D eigenvalue weighted by Gasteiger charge is -2.25. The Bertz CT molecular complexity index is 511. The van der Waals surface area contributed by atoms with Gasteiger partial charge in [-0.25, -0.2) is 5.43 Å². The number of carbonyl (C=O) groups excluding carboxylic acids is 1. The first kappa shape index (κ1) is 15.9. The molecule has 2 rings (SSSR count). The maximum Gasteiger partial charge on any atom is 0.254 e. The van der Waals surface area contributed by atoms with E-state index in [2.05, 4.69) is 26.5 Å². The van der Waals surface area contributed by atoms with E-state index < -0.39 is 0 Å². The van der Waals surface area contributed by atoms with Crippen molar-refractivity contribution in [2.24, 2.45) is 5.10 Å². The molecule has 1 aromatic rings. The predicted molar refractivity (Wildman–Crippen MR) is 87.2 cm³/mol. The fourth-order valence-electron chi connectivity index (χ4n) is 1.91. The number of hydrogen-bond acceptors (Lipinski definition) is 4. The van der Waals surface area contributed by atoms with Gasteiger partial charge in [0.2, 0.25) is 0 Å². The molecule has 5 nitrogen and oxygen atoms in total. The van der Waals surface area contributed by atoms with Crippen molar-refractivity contribution in [2.45, 2.75) is 0 Å². The molecule has 1 aliphatic heterocycles. The van der Waals surface area contributed by atoms with E-state index in [0.29, 0.717) is 19.8 Å². The van der Waals surface area contributed by atoms with Crippen LogP contribution in [0.3, 0.4) is 0 Å². The summed E-state index contributed by atoms with van der Waals surface area (Å²) in [5.74, 6) is -0.117. The molecule has 0 aliphatic carbocycles. The topological polar surface area (TPSA) is 53.9 Å². The number of halogens is 1. The third-order valence-corrected chi connectivity index (χ3v) is 3.39. The number of hydrogen-bond donors (Lipinski definition) is 1. The van der Waals surface area contributed by atoms with E-state index in [1.54, 1.807) is 6.21 Å². The quantitative estimate of drug-likeness (QED) is 0.650. The number of nitrogens with zero attached hydrogens (tertiary/aromatic N) is 2. The first-order valence-corrected chi connectivity index (χ1v) is 7.57. The van der Waals surface area contributed by atoms with E-state index >= 15 is 0 Å². The van der Waals surface area contributed by atoms with Crippen LogP contribution in [0.15, 0.2) is 39.9 Å². The van der Waals surface area contributed by atoms with Gasteiger partial charge in [-0.05, 0) is 27.6 Å². The van der Waals surface area contributed by atoms with Gasteiger partial charge in [0.25, 0.3) is 5.91 Å². The third-order valence-electron chi connectivity index (χ3n) is 2.95. The SMILES string of the molecule is O=C(CN1CCOCC1)N/N=C/C(Br)=C\c1ccccc1. The summed E-state index contributed by atoms with van der Waals surface area (Å²) in [5.41, 5.74) is 3.59. The van der Waals surface area contributed by atoms with Crippen molar-refractivity contribution in [1.29, 1.82) is 0 Å². The molecule has 1 heterocycles. The van der Waals surface area contributed by atoms with Gasteiger partial charge in [-0.2, -0.15) is 5.10 Å². The minimum Gasteiger partial charge on any atom is -0.379 e. The Morgan fingerprint density at radius 2 is 2.05 bits per heavy atom. The van der Waals surface area contributed by atoms with Gasteiger partial charge in [-0.3, -0.25) is 9.69 Å². The summed E-state index contributed by atoms with van der Waals surface area (Å²) in [7, 11) is 0. The highest BCUT2D eigenvalue weighted by Crippen LogP contribution is 2.09. The lowest BCUT2D eigenvalue weighted by Crippen LogP contribution is -2.42. The number of amides is 1. The van der Waals surface area contributed by atoms with Crippen molar-refractivity contribution in [3.8, 4) is 0 Å². The van der Waals surface area contributed by atoms with E-state index in [9.17, 15) is 4.79 Å². The van der Waals surface area contributed by atoms with Crippen LogP contribution < -0.4 is 5.43 Å². The summed E-state index contributed by atoms with van der Waals surface area (Å²) < 4.78 is 6.03. The molecule has 112 valence electrons. The summed E-state index contributed by atoms with van der Waals surface area (Å²) in [5, 5.41) is 3.94. The maximum atomic E-state index is 11.7. The highest BCUT2D eigenvalue weighted by atomic mass is 79.9. The molecule has 0 unspecified atom stereocenters. The average molecular weight is 352 g/mol. The van der Waals surface area contributed by atoms with Crippen molar-refractivity contribution in [3.05, 3.63) is 40.4 Å². The second-order valence-corrected chi connectivity index (χ2v) is 5.54. The Morgan fingerprint density at radius 1 is 1.33 bits per heavy atom. The van der Waals surface area contributed by atoms with Crippen molar-refractivity contribution in [3.63, 3.8) is 0 Å². The Hall–Kier alpha value is -1.50. The standard InChI is InChI=1S/C15H18BrN3O2/c16-14(10-13-4-2-1-3-5-13)11-17-18-15(20)12-19-6-8-21-9-7-19/h1-5,10-11H,6-9,12H2,(H,18,20)/b14-10+,17-11+. The smallest absolute Gasteiger partial charge is 0.254 e. The second-order valence-electron chi connectivity index (χ2n) is 4.62. The first-order chi connectivity index (χ1) is 10.2. The van der Waals surface area contributed by atoms with Crippen molar-refractivity contribution < 1.29 is 9.53 Å². The van der Waals surface area contributed by atoms with Gasteiger partial charge in [0, 0.05) is 17.6 Å². The molecule has 1 aromatic carbocycles. The Balaban J connectivity index is 1.76. The van der Waals surface area contributed by atoms with E-state index in [-0.39, 0.29) is 5.91 Å². The molecule has 0 saturated carbocycles. The Kier molecular flexibility index (Phi) is 6.59. The van der Waals surface area contributed by atoms with Crippen LogP contribution in [0, 0.1) is 0 Å². The largest absolute Gasteiger partial charge is 0.379 e. The summed E-state index contributed by atoms with van der Waals surface area (Å²) >= 11 is 3.40. The van der Waals surface area contributed by atoms with Crippen LogP contribution in [-0.2, 0) is 9.53 Å². The van der Waals surface area contributed by atoms with Gasteiger partial charge < -0.3 is 4.74 Å². The lowest BCUT2D eigenvalue weighted by atomic mass is 10.2. The van der Waals surface area contributed by atoms with Crippen molar-refractivity contribution >= 4 is 34.1 Å². The highest BCUT2D eigenvalue weighted by Gasteiger charge is 2.13. The monoisotopic (exact) mass is 351 g/mol. The number of hydrazone groups is 1. The summed E-state index contributed by atoms with van der Waals surface area (Å²) in [6.07, 6.45) is 3.50. The number of ether oxygens (including phenoxy) is 1. The summed E-state index contributed by atoms with van der Waals surface area (Å²) in [4.78, 5) is 13.8. The zero-order valence-electron chi connectivity index (χ0n) is 11.7. The second kappa shape index (κ2) is 8.71. The van der Waals surface area contributed by atoms with Crippen LogP contribution in [0.25, 0.3) is 6.08 Å². The number of benzene rings is 1. The summed E-state index contributed by atoms with van der Waals surface area (Å²) in [6, 6.07) is 9.88. The average Bonchev–Trinajstić information content (AvgIpc) is 2.49. The van der Waals surface area contributed by atoms with E-state index in [1.165, 1.54) is 0 Å². The third kappa shape index (κ3) is 6.20. The van der Waals surface area contributed by atoms with Crippen molar-refractivity contribution in [1.82, 2.24) is 10.3 Å². The molecular formula is C15H18BrN3O2. The van der Waals surface area contributed by atoms with Crippen LogP contribution in [0.2, 0.25) is 0 Å². The molecule has 0 spiro atoms. The molecule has 1 saturated heterocycles. The van der Waals surface area contributed by atoms with Gasteiger partial charge in [0.1, 0.15) is 0 Å². The number of carbonyl (C=O) groups is 1. The Morgan fingerprint density at radius 3 is 2.76 bits per heavy atom. The molecule has 0 bridgehead atoms. The minimum absolute atomic E-state index is 0.117. The molecule has 1 amide bonds. The molecule has 0 atom stereocenters. The number of morpholine rings is 1. The van der Waals surface area contributed by atoms with Gasteiger partial charge in [0.15, 0.2) is 0 Å². The van der Waals surface area contributed by atoms with Crippen LogP contribution in [0.4, 0.5) is 0 Å². The summed E-state index contributed by atoms with van der Waals surface area (Å²) in [6.45, 7) is 3.29. The molecule has 21 heavy (non-hydrogen) atoms. The number of allylic oxidation sites excluding steroid dienone is 1. The van der Waals surface area contributed by atoms with E-state index in [0.717, 1.165) is 23.1 Å². The molecule has 0 aromatic heterocycles. The first-order valence-electron chi connectivity index (χ1n) is 6.78. The fourth-order valence-corrected chi connectivity index (χ4v) is 2.28. The molecule has 6 heteroatoms. The molecule has 1 N–H and O–H groups in total. The molecule has 1 fully saturated rings. The van der Waals surface area contributed by atoms with Crippen LogP contribution in [0.5, 0.6) is 0 Å². The van der Waals surface area contributed by atoms with Gasteiger partial charge in [-0.15, -0.1) is 0 Å². The minimum atomic E-state index is -0.117. The zero-order chi connectivity index (χ0) is 14.9. The van der Waals surface area contributed by atoms with Crippen LogP contribution in [0.1, 0.15) is 5.56 Å². The van der Waals surface area contributed by atoms with Crippen LogP contribution >= 0.6 is 15.9 Å². The number of nitrogens with one attached hydrogen (secondary N) is 1. The number of rotatable bonds is 5. The highest BCUT2D eigenvalue weighted by molar-refractivity contribution is 9.12. The van der Waals surface area contributed by atoms with Crippen LogP contribution in [-0.4, -0.2) is 49.9 Å². The molecule has 0 radical (unpaired) electrons. The van der Waals surface area contributed by atoms with Gasteiger partial charge in [0.05, 0.1) is 26.0 Å². The van der Waals surface area contributed by atoms with Gasteiger partial charge in [-0.1, -0.05) is 30.3 Å². The van der Waals surface area contributed by atoms with E-state index in [1.807, 2.05) is 41.3 Å². The fraction of sp³-hybridized carbons (Fsp3) is 0.333. The normalized spacial score (nSPS) is 17.1. The lowest BCUT2D eigenvalue weighted by molar-refractivity contribution is -0.123. The Labute approximate surface area is 132 Å². The molecule has 1 aliphatic rings.